The summed E-state index contributed by atoms with van der Waals surface area (Å²) in [5.41, 5.74) is 6.01. The van der Waals surface area contributed by atoms with Crippen LogP contribution in [0.15, 0.2) is 12.1 Å². The summed E-state index contributed by atoms with van der Waals surface area (Å²) < 4.78 is 1.38. The maximum atomic E-state index is 2.51. The molecular formula is C13H22Sn. The molecule has 0 saturated heterocycles. The molecule has 0 nitrogen and oxygen atoms in total. The second kappa shape index (κ2) is 4.26. The van der Waals surface area contributed by atoms with Gasteiger partial charge < -0.3 is 0 Å². The molecule has 0 bridgehead atoms. The van der Waals surface area contributed by atoms with E-state index in [4.69, 9.17) is 0 Å². The van der Waals surface area contributed by atoms with Gasteiger partial charge in [0.15, 0.2) is 0 Å². The van der Waals surface area contributed by atoms with Gasteiger partial charge in [-0.3, -0.25) is 0 Å². The van der Waals surface area contributed by atoms with Gasteiger partial charge in [-0.05, 0) is 0 Å². The summed E-state index contributed by atoms with van der Waals surface area (Å²) in [6.45, 7) is 6.70. The topological polar surface area (TPSA) is 0 Å². The van der Waals surface area contributed by atoms with Crippen LogP contribution < -0.4 is 0 Å². The second-order valence-electron chi connectivity index (χ2n) is 5.61. The molecule has 78 valence electrons. The summed E-state index contributed by atoms with van der Waals surface area (Å²) in [4.78, 5) is 7.52. The van der Waals surface area contributed by atoms with Crippen molar-refractivity contribution in [2.75, 3.05) is 0 Å². The molecule has 0 unspecified atom stereocenters. The van der Waals surface area contributed by atoms with Crippen molar-refractivity contribution < 1.29 is 0 Å². The maximum absolute atomic E-state index is 2.51. The number of hydrogen-bond acceptors (Lipinski definition) is 0. The molecule has 0 aromatic heterocycles. The average Bonchev–Trinajstić information content (AvgIpc) is 1.95. The minimum atomic E-state index is -1.67. The Morgan fingerprint density at radius 3 is 1.71 bits per heavy atom. The van der Waals surface area contributed by atoms with Gasteiger partial charge in [-0.15, -0.1) is 0 Å². The van der Waals surface area contributed by atoms with Crippen molar-refractivity contribution in [2.24, 2.45) is 0 Å². The van der Waals surface area contributed by atoms with Crippen LogP contribution in [0.25, 0.3) is 0 Å². The van der Waals surface area contributed by atoms with Crippen molar-refractivity contribution in [3.8, 4) is 0 Å². The summed E-state index contributed by atoms with van der Waals surface area (Å²) in [7, 11) is 0. The van der Waals surface area contributed by atoms with Crippen LogP contribution in [-0.2, 0) is 4.44 Å². The average molecular weight is 297 g/mol. The number of hydrogen-bond donors (Lipinski definition) is 0. The van der Waals surface area contributed by atoms with E-state index in [1.165, 1.54) is 21.1 Å². The van der Waals surface area contributed by atoms with Crippen molar-refractivity contribution in [2.45, 2.75) is 40.0 Å². The molecule has 0 heterocycles. The Labute approximate surface area is 92.6 Å². The first-order valence-corrected chi connectivity index (χ1v) is 15.9. The third-order valence-electron chi connectivity index (χ3n) is 2.55. The van der Waals surface area contributed by atoms with E-state index in [2.05, 4.69) is 47.7 Å². The van der Waals surface area contributed by atoms with Crippen LogP contribution in [0.2, 0.25) is 14.8 Å². The Morgan fingerprint density at radius 1 is 0.929 bits per heavy atom. The molecule has 14 heavy (non-hydrogen) atoms. The first-order chi connectivity index (χ1) is 6.29. The molecule has 0 atom stereocenters. The van der Waals surface area contributed by atoms with Crippen LogP contribution in [0.1, 0.15) is 22.3 Å². The quantitative estimate of drug-likeness (QED) is 0.723. The minimum absolute atomic E-state index is 1.38. The molecule has 0 saturated carbocycles. The van der Waals surface area contributed by atoms with Crippen LogP contribution >= 0.6 is 0 Å². The third kappa shape index (κ3) is 3.30. The summed E-state index contributed by atoms with van der Waals surface area (Å²) in [5.74, 6) is 0. The summed E-state index contributed by atoms with van der Waals surface area (Å²) in [6, 6.07) is 4.64. The number of aryl methyl sites for hydroxylation is 3. The Kier molecular flexibility index (Phi) is 3.68. The predicted molar refractivity (Wildman–Crippen MR) is 67.7 cm³/mol. The van der Waals surface area contributed by atoms with Crippen LogP contribution in [-0.4, -0.2) is 18.4 Å². The van der Waals surface area contributed by atoms with Crippen molar-refractivity contribution in [1.82, 2.24) is 0 Å². The fraction of sp³-hybridized carbons (Fsp3) is 0.538. The van der Waals surface area contributed by atoms with E-state index in [1.54, 1.807) is 5.56 Å². The number of rotatable bonds is 2. The Balaban J connectivity index is 3.09. The SMILES string of the molecule is Cc1cc(C)c([CH2][Sn]([CH3])([CH3])[CH3])c(C)c1. The van der Waals surface area contributed by atoms with Gasteiger partial charge in [0.1, 0.15) is 0 Å². The van der Waals surface area contributed by atoms with Gasteiger partial charge in [0.25, 0.3) is 0 Å². The molecule has 0 aliphatic heterocycles. The van der Waals surface area contributed by atoms with E-state index >= 15 is 0 Å². The van der Waals surface area contributed by atoms with Crippen LogP contribution in [0, 0.1) is 20.8 Å². The monoisotopic (exact) mass is 298 g/mol. The number of benzene rings is 1. The fourth-order valence-corrected chi connectivity index (χ4v) is 6.64. The molecule has 0 fully saturated rings. The zero-order valence-electron chi connectivity index (χ0n) is 10.4. The molecule has 0 spiro atoms. The standard InChI is InChI=1S/C10H13.3CH3.Sn/c1-7-5-8(2)10(4)9(3)6-7;;;;/h5-6H,4H2,1-3H3;3*1H3;. The van der Waals surface area contributed by atoms with Crippen molar-refractivity contribution in [3.63, 3.8) is 0 Å². The zero-order chi connectivity index (χ0) is 10.9. The van der Waals surface area contributed by atoms with Crippen LogP contribution in [0.3, 0.4) is 0 Å². The molecule has 0 amide bonds. The molecular weight excluding hydrogens is 275 g/mol. The third-order valence-corrected chi connectivity index (χ3v) is 6.58. The van der Waals surface area contributed by atoms with Gasteiger partial charge >= 0.3 is 92.8 Å². The van der Waals surface area contributed by atoms with Gasteiger partial charge in [0.2, 0.25) is 0 Å². The van der Waals surface area contributed by atoms with E-state index in [9.17, 15) is 0 Å². The Morgan fingerprint density at radius 2 is 1.36 bits per heavy atom. The van der Waals surface area contributed by atoms with Gasteiger partial charge in [0.05, 0.1) is 0 Å². The first-order valence-electron chi connectivity index (χ1n) is 5.36. The summed E-state index contributed by atoms with van der Waals surface area (Å²) >= 11 is -1.67. The van der Waals surface area contributed by atoms with Gasteiger partial charge in [-0.2, -0.15) is 0 Å². The molecule has 0 aliphatic carbocycles. The molecule has 1 rings (SSSR count). The normalized spacial score (nSPS) is 11.9. The first kappa shape index (κ1) is 12.1. The van der Waals surface area contributed by atoms with E-state index in [0.29, 0.717) is 0 Å². The van der Waals surface area contributed by atoms with Gasteiger partial charge in [-0.1, -0.05) is 0 Å². The van der Waals surface area contributed by atoms with Crippen LogP contribution in [0.5, 0.6) is 0 Å². The molecule has 1 aromatic carbocycles. The summed E-state index contributed by atoms with van der Waals surface area (Å²) in [6.07, 6.45) is 0. The predicted octanol–water partition coefficient (Wildman–Crippen LogP) is 4.03. The van der Waals surface area contributed by atoms with Crippen molar-refractivity contribution >= 4 is 18.4 Å². The Bertz CT molecular complexity index is 309. The van der Waals surface area contributed by atoms with E-state index in [1.807, 2.05) is 0 Å². The van der Waals surface area contributed by atoms with E-state index in [-0.39, 0.29) is 0 Å². The summed E-state index contributed by atoms with van der Waals surface area (Å²) in [5, 5.41) is 0. The van der Waals surface area contributed by atoms with Gasteiger partial charge in [0, 0.05) is 0 Å². The Hall–Kier alpha value is 0.0187. The zero-order valence-corrected chi connectivity index (χ0v) is 13.2. The van der Waals surface area contributed by atoms with Crippen molar-refractivity contribution in [3.05, 3.63) is 34.4 Å². The van der Waals surface area contributed by atoms with Gasteiger partial charge in [-0.25, -0.2) is 0 Å². The van der Waals surface area contributed by atoms with E-state index in [0.717, 1.165) is 0 Å². The molecule has 1 heteroatoms. The molecule has 0 N–H and O–H groups in total. The van der Waals surface area contributed by atoms with Crippen molar-refractivity contribution in [1.29, 1.82) is 0 Å². The second-order valence-corrected chi connectivity index (χ2v) is 21.2. The molecule has 1 aromatic rings. The fourth-order valence-electron chi connectivity index (χ4n) is 2.02. The molecule has 0 aliphatic rings. The van der Waals surface area contributed by atoms with E-state index < -0.39 is 18.4 Å². The molecule has 0 radical (unpaired) electrons. The van der Waals surface area contributed by atoms with Crippen LogP contribution in [0.4, 0.5) is 0 Å².